The predicted molar refractivity (Wildman–Crippen MR) is 92.7 cm³/mol. The highest BCUT2D eigenvalue weighted by Crippen LogP contribution is 2.39. The lowest BCUT2D eigenvalue weighted by Crippen LogP contribution is -2.48. The molecule has 0 aliphatic heterocycles. The molecule has 1 aliphatic rings. The Kier molecular flexibility index (Phi) is 4.54. The second-order valence-corrected chi connectivity index (χ2v) is 7.10. The van der Waals surface area contributed by atoms with E-state index in [0.29, 0.717) is 5.75 Å². The summed E-state index contributed by atoms with van der Waals surface area (Å²) in [5.74, 6) is 0.602. The van der Waals surface area contributed by atoms with Crippen molar-refractivity contribution in [2.45, 2.75) is 32.2 Å². The highest BCUT2D eigenvalue weighted by molar-refractivity contribution is 7.13. The second kappa shape index (κ2) is 6.62. The van der Waals surface area contributed by atoms with E-state index in [-0.39, 0.29) is 18.4 Å². The van der Waals surface area contributed by atoms with Gasteiger partial charge in [0.15, 0.2) is 6.61 Å². The van der Waals surface area contributed by atoms with Gasteiger partial charge in [0, 0.05) is 16.6 Å². The summed E-state index contributed by atoms with van der Waals surface area (Å²) < 4.78 is 5.52. The largest absolute Gasteiger partial charge is 0.484 e. The molecule has 124 valence electrons. The van der Waals surface area contributed by atoms with Crippen molar-refractivity contribution >= 4 is 17.2 Å². The van der Waals surface area contributed by atoms with E-state index in [1.54, 1.807) is 18.3 Å². The van der Waals surface area contributed by atoms with Crippen LogP contribution in [-0.4, -0.2) is 23.0 Å². The lowest BCUT2D eigenvalue weighted by atomic mass is 9.98. The molecule has 1 aromatic heterocycles. The molecule has 0 radical (unpaired) electrons. The standard InChI is InChI=1S/C18H19N3O2S/c1-12-10-24-17(20-12)13-3-7-15(8-4-13)23-9-16(22)21-18(2,11-19)14-5-6-14/h3-4,7-8,10,14H,5-6,9H2,1-2H3,(H,21,22)/t18-/m1/s1. The van der Waals surface area contributed by atoms with Crippen molar-refractivity contribution in [2.75, 3.05) is 6.61 Å². The molecular weight excluding hydrogens is 322 g/mol. The number of benzene rings is 1. The molecule has 1 aliphatic carbocycles. The number of amides is 1. The minimum Gasteiger partial charge on any atom is -0.484 e. The van der Waals surface area contributed by atoms with Gasteiger partial charge in [-0.15, -0.1) is 11.3 Å². The highest BCUT2D eigenvalue weighted by atomic mass is 32.1. The van der Waals surface area contributed by atoms with E-state index in [1.807, 2.05) is 36.6 Å². The smallest absolute Gasteiger partial charge is 0.259 e. The summed E-state index contributed by atoms with van der Waals surface area (Å²) in [6.07, 6.45) is 1.98. The first-order valence-corrected chi connectivity index (χ1v) is 8.76. The van der Waals surface area contributed by atoms with Gasteiger partial charge in [0.05, 0.1) is 6.07 Å². The van der Waals surface area contributed by atoms with Gasteiger partial charge < -0.3 is 10.1 Å². The van der Waals surface area contributed by atoms with Crippen LogP contribution in [0.1, 0.15) is 25.5 Å². The third kappa shape index (κ3) is 3.74. The van der Waals surface area contributed by atoms with Crippen molar-refractivity contribution in [1.29, 1.82) is 5.26 Å². The number of carbonyl (C=O) groups excluding carboxylic acids is 1. The number of carbonyl (C=O) groups is 1. The first kappa shape index (κ1) is 16.5. The van der Waals surface area contributed by atoms with Crippen molar-refractivity contribution in [1.82, 2.24) is 10.3 Å². The van der Waals surface area contributed by atoms with E-state index in [9.17, 15) is 10.1 Å². The Hall–Kier alpha value is -2.39. The van der Waals surface area contributed by atoms with Gasteiger partial charge in [-0.3, -0.25) is 4.79 Å². The summed E-state index contributed by atoms with van der Waals surface area (Å²) in [5, 5.41) is 15.0. The molecule has 0 bridgehead atoms. The summed E-state index contributed by atoms with van der Waals surface area (Å²) in [6, 6.07) is 9.70. The molecule has 1 heterocycles. The average molecular weight is 341 g/mol. The van der Waals surface area contributed by atoms with E-state index < -0.39 is 5.54 Å². The average Bonchev–Trinajstić information content (AvgIpc) is 3.36. The summed E-state index contributed by atoms with van der Waals surface area (Å²) in [7, 11) is 0. The lowest BCUT2D eigenvalue weighted by molar-refractivity contribution is -0.124. The molecule has 5 nitrogen and oxygen atoms in total. The quantitative estimate of drug-likeness (QED) is 0.875. The van der Waals surface area contributed by atoms with Gasteiger partial charge in [-0.1, -0.05) is 0 Å². The van der Waals surface area contributed by atoms with E-state index in [4.69, 9.17) is 4.74 Å². The first-order valence-electron chi connectivity index (χ1n) is 7.88. The van der Waals surface area contributed by atoms with Gasteiger partial charge in [0.2, 0.25) is 0 Å². The van der Waals surface area contributed by atoms with E-state index in [2.05, 4.69) is 16.4 Å². The van der Waals surface area contributed by atoms with Gasteiger partial charge in [0.1, 0.15) is 16.3 Å². The molecular formula is C18H19N3O2S. The Labute approximate surface area is 145 Å². The van der Waals surface area contributed by atoms with Crippen LogP contribution in [0, 0.1) is 24.2 Å². The maximum absolute atomic E-state index is 12.0. The second-order valence-electron chi connectivity index (χ2n) is 6.24. The molecule has 1 saturated carbocycles. The number of nitrogens with one attached hydrogen (secondary N) is 1. The number of aromatic nitrogens is 1. The van der Waals surface area contributed by atoms with Gasteiger partial charge >= 0.3 is 0 Å². The van der Waals surface area contributed by atoms with Crippen LogP contribution in [-0.2, 0) is 4.79 Å². The monoisotopic (exact) mass is 341 g/mol. The number of nitrogens with zero attached hydrogens (tertiary/aromatic N) is 2. The Bertz CT molecular complexity index is 774. The SMILES string of the molecule is Cc1csc(-c2ccc(OCC(=O)N[C@](C)(C#N)C3CC3)cc2)n1. The Balaban J connectivity index is 1.55. The summed E-state index contributed by atoms with van der Waals surface area (Å²) in [5.41, 5.74) is 1.24. The third-order valence-electron chi connectivity index (χ3n) is 4.12. The van der Waals surface area contributed by atoms with Crippen LogP contribution in [0.4, 0.5) is 0 Å². The van der Waals surface area contributed by atoms with Crippen molar-refractivity contribution in [2.24, 2.45) is 5.92 Å². The maximum Gasteiger partial charge on any atom is 0.259 e. The van der Waals surface area contributed by atoms with E-state index in [0.717, 1.165) is 29.1 Å². The van der Waals surface area contributed by atoms with Gasteiger partial charge in [-0.2, -0.15) is 5.26 Å². The molecule has 1 N–H and O–H groups in total. The molecule has 1 atom stereocenters. The molecule has 1 aromatic carbocycles. The molecule has 6 heteroatoms. The van der Waals surface area contributed by atoms with Crippen LogP contribution in [0.3, 0.4) is 0 Å². The van der Waals surface area contributed by atoms with Gasteiger partial charge in [-0.25, -0.2) is 4.98 Å². The van der Waals surface area contributed by atoms with Crippen LogP contribution in [0.15, 0.2) is 29.6 Å². The number of nitriles is 1. The number of hydrogen-bond acceptors (Lipinski definition) is 5. The number of thiazole rings is 1. The fourth-order valence-corrected chi connectivity index (χ4v) is 3.34. The molecule has 24 heavy (non-hydrogen) atoms. The Morgan fingerprint density at radius 1 is 1.46 bits per heavy atom. The third-order valence-corrected chi connectivity index (χ3v) is 5.12. The fourth-order valence-electron chi connectivity index (χ4n) is 2.54. The number of ether oxygens (including phenoxy) is 1. The molecule has 1 amide bonds. The zero-order valence-electron chi connectivity index (χ0n) is 13.7. The molecule has 0 unspecified atom stereocenters. The number of rotatable bonds is 6. The minimum atomic E-state index is -0.785. The Morgan fingerprint density at radius 2 is 2.17 bits per heavy atom. The topological polar surface area (TPSA) is 75.0 Å². The minimum absolute atomic E-state index is 0.0975. The van der Waals surface area contributed by atoms with Crippen LogP contribution < -0.4 is 10.1 Å². The summed E-state index contributed by atoms with van der Waals surface area (Å²) >= 11 is 1.60. The summed E-state index contributed by atoms with van der Waals surface area (Å²) in [4.78, 5) is 16.5. The Morgan fingerprint density at radius 3 is 2.71 bits per heavy atom. The fraction of sp³-hybridized carbons (Fsp3) is 0.389. The van der Waals surface area contributed by atoms with Gasteiger partial charge in [-0.05, 0) is 56.9 Å². The molecule has 0 spiro atoms. The summed E-state index contributed by atoms with van der Waals surface area (Å²) in [6.45, 7) is 3.64. The van der Waals surface area contributed by atoms with E-state index >= 15 is 0 Å². The van der Waals surface area contributed by atoms with E-state index in [1.165, 1.54) is 0 Å². The van der Waals surface area contributed by atoms with Crippen molar-refractivity contribution in [3.05, 3.63) is 35.3 Å². The zero-order chi connectivity index (χ0) is 17.2. The molecule has 2 aromatic rings. The normalized spacial score (nSPS) is 16.0. The lowest BCUT2D eigenvalue weighted by Gasteiger charge is -2.22. The van der Waals surface area contributed by atoms with Crippen LogP contribution in [0.2, 0.25) is 0 Å². The molecule has 1 fully saturated rings. The van der Waals surface area contributed by atoms with Crippen LogP contribution in [0.5, 0.6) is 5.75 Å². The first-order chi connectivity index (χ1) is 11.5. The van der Waals surface area contributed by atoms with Crippen molar-refractivity contribution < 1.29 is 9.53 Å². The predicted octanol–water partition coefficient (Wildman–Crippen LogP) is 3.31. The number of aryl methyl sites for hydroxylation is 1. The van der Waals surface area contributed by atoms with Gasteiger partial charge in [0.25, 0.3) is 5.91 Å². The van der Waals surface area contributed by atoms with Crippen LogP contribution in [0.25, 0.3) is 10.6 Å². The number of hydrogen-bond donors (Lipinski definition) is 1. The molecule has 0 saturated heterocycles. The van der Waals surface area contributed by atoms with Crippen molar-refractivity contribution in [3.8, 4) is 22.4 Å². The maximum atomic E-state index is 12.0. The molecule has 3 rings (SSSR count). The zero-order valence-corrected chi connectivity index (χ0v) is 14.5. The van der Waals surface area contributed by atoms with Crippen LogP contribution >= 0.6 is 11.3 Å². The highest BCUT2D eigenvalue weighted by Gasteiger charge is 2.43. The van der Waals surface area contributed by atoms with Crippen molar-refractivity contribution in [3.63, 3.8) is 0 Å².